The van der Waals surface area contributed by atoms with E-state index in [9.17, 15) is 5.26 Å². The number of nitrogens with zero attached hydrogens (tertiary/aromatic N) is 3. The lowest BCUT2D eigenvalue weighted by atomic mass is 10.1. The Morgan fingerprint density at radius 3 is 2.82 bits per heavy atom. The third-order valence-corrected chi connectivity index (χ3v) is 3.99. The molecule has 2 aromatic carbocycles. The van der Waals surface area contributed by atoms with E-state index in [1.807, 2.05) is 53.2 Å². The molecule has 0 aliphatic rings. The van der Waals surface area contributed by atoms with Crippen molar-refractivity contribution in [1.82, 2.24) is 9.55 Å². The molecular formula is C17H11BrClN3. The van der Waals surface area contributed by atoms with E-state index < -0.39 is 0 Å². The van der Waals surface area contributed by atoms with Crippen LogP contribution in [0.15, 0.2) is 59.3 Å². The van der Waals surface area contributed by atoms with Gasteiger partial charge in [-0.25, -0.2) is 4.98 Å². The summed E-state index contributed by atoms with van der Waals surface area (Å²) in [6.07, 6.45) is 3.65. The second-order valence-electron chi connectivity index (χ2n) is 4.81. The van der Waals surface area contributed by atoms with E-state index >= 15 is 0 Å². The summed E-state index contributed by atoms with van der Waals surface area (Å²) in [4.78, 5) is 4.42. The number of hydrogen-bond acceptors (Lipinski definition) is 2. The van der Waals surface area contributed by atoms with Gasteiger partial charge < -0.3 is 4.57 Å². The van der Waals surface area contributed by atoms with Crippen molar-refractivity contribution in [2.75, 3.05) is 0 Å². The van der Waals surface area contributed by atoms with Crippen LogP contribution < -0.4 is 0 Å². The molecule has 0 saturated heterocycles. The van der Waals surface area contributed by atoms with Crippen LogP contribution in [-0.2, 0) is 6.54 Å². The lowest BCUT2D eigenvalue weighted by Crippen LogP contribution is -2.03. The molecular weight excluding hydrogens is 362 g/mol. The van der Waals surface area contributed by atoms with Gasteiger partial charge in [0.1, 0.15) is 5.82 Å². The Morgan fingerprint density at radius 2 is 2.05 bits per heavy atom. The minimum atomic E-state index is 0.587. The van der Waals surface area contributed by atoms with Crippen molar-refractivity contribution in [3.8, 4) is 17.5 Å². The van der Waals surface area contributed by atoms with Crippen molar-refractivity contribution in [3.63, 3.8) is 0 Å². The standard InChI is InChI=1S/C17H11BrClN3/c18-15-7-14(8-16(19)9-15)17-21-5-6-22(17)11-13-4-2-1-3-12(13)10-20/h1-9H,11H2. The van der Waals surface area contributed by atoms with Crippen LogP contribution in [0.5, 0.6) is 0 Å². The van der Waals surface area contributed by atoms with E-state index in [4.69, 9.17) is 11.6 Å². The zero-order valence-corrected chi connectivity index (χ0v) is 13.8. The third kappa shape index (κ3) is 3.06. The number of benzene rings is 2. The van der Waals surface area contributed by atoms with E-state index in [2.05, 4.69) is 27.0 Å². The van der Waals surface area contributed by atoms with Crippen molar-refractivity contribution < 1.29 is 0 Å². The molecule has 3 rings (SSSR count). The average Bonchev–Trinajstić information content (AvgIpc) is 2.95. The fraction of sp³-hybridized carbons (Fsp3) is 0.0588. The van der Waals surface area contributed by atoms with Gasteiger partial charge in [0.15, 0.2) is 0 Å². The monoisotopic (exact) mass is 371 g/mol. The van der Waals surface area contributed by atoms with Crippen LogP contribution in [-0.4, -0.2) is 9.55 Å². The van der Waals surface area contributed by atoms with Gasteiger partial charge in [-0.3, -0.25) is 0 Å². The maximum Gasteiger partial charge on any atom is 0.140 e. The van der Waals surface area contributed by atoms with Crippen LogP contribution in [0.2, 0.25) is 5.02 Å². The normalized spacial score (nSPS) is 10.4. The van der Waals surface area contributed by atoms with E-state index in [1.54, 1.807) is 6.20 Å². The summed E-state index contributed by atoms with van der Waals surface area (Å²) in [5.41, 5.74) is 2.57. The Bertz CT molecular complexity index is 844. The highest BCUT2D eigenvalue weighted by Gasteiger charge is 2.10. The topological polar surface area (TPSA) is 41.6 Å². The van der Waals surface area contributed by atoms with Crippen molar-refractivity contribution >= 4 is 27.5 Å². The molecule has 0 bridgehead atoms. The van der Waals surface area contributed by atoms with E-state index in [0.717, 1.165) is 21.4 Å². The summed E-state index contributed by atoms with van der Waals surface area (Å²) in [6.45, 7) is 0.587. The van der Waals surface area contributed by atoms with Crippen molar-refractivity contribution in [2.24, 2.45) is 0 Å². The number of rotatable bonds is 3. The first-order valence-electron chi connectivity index (χ1n) is 6.63. The third-order valence-electron chi connectivity index (χ3n) is 3.31. The van der Waals surface area contributed by atoms with Gasteiger partial charge in [0.05, 0.1) is 18.2 Å². The Kier molecular flexibility index (Phi) is 4.28. The number of imidazole rings is 1. The molecule has 0 atom stereocenters. The highest BCUT2D eigenvalue weighted by Crippen LogP contribution is 2.27. The molecule has 1 heterocycles. The smallest absolute Gasteiger partial charge is 0.140 e. The van der Waals surface area contributed by atoms with Crippen LogP contribution in [0.4, 0.5) is 0 Å². The van der Waals surface area contributed by atoms with Crippen LogP contribution in [0.3, 0.4) is 0 Å². The van der Waals surface area contributed by atoms with Gasteiger partial charge >= 0.3 is 0 Å². The first-order valence-corrected chi connectivity index (χ1v) is 7.80. The summed E-state index contributed by atoms with van der Waals surface area (Å²) < 4.78 is 2.91. The SMILES string of the molecule is N#Cc1ccccc1Cn1ccnc1-c1cc(Cl)cc(Br)c1. The van der Waals surface area contributed by atoms with E-state index in [0.29, 0.717) is 17.1 Å². The quantitative estimate of drug-likeness (QED) is 0.657. The zero-order chi connectivity index (χ0) is 15.5. The Morgan fingerprint density at radius 1 is 1.23 bits per heavy atom. The lowest BCUT2D eigenvalue weighted by Gasteiger charge is -2.10. The molecule has 0 radical (unpaired) electrons. The number of aromatic nitrogens is 2. The predicted molar refractivity (Wildman–Crippen MR) is 90.6 cm³/mol. The molecule has 3 aromatic rings. The lowest BCUT2D eigenvalue weighted by molar-refractivity contribution is 0.805. The van der Waals surface area contributed by atoms with Gasteiger partial charge in [0, 0.05) is 27.5 Å². The molecule has 0 fully saturated rings. The second kappa shape index (κ2) is 6.35. The summed E-state index contributed by atoms with van der Waals surface area (Å²) in [5.74, 6) is 0.816. The molecule has 0 unspecified atom stereocenters. The molecule has 3 nitrogen and oxygen atoms in total. The van der Waals surface area contributed by atoms with Crippen LogP contribution in [0.1, 0.15) is 11.1 Å². The first kappa shape index (κ1) is 14.8. The molecule has 108 valence electrons. The van der Waals surface area contributed by atoms with Crippen molar-refractivity contribution in [2.45, 2.75) is 6.54 Å². The predicted octanol–water partition coefficient (Wildman–Crippen LogP) is 4.89. The maximum atomic E-state index is 9.21. The minimum Gasteiger partial charge on any atom is -0.327 e. The molecule has 22 heavy (non-hydrogen) atoms. The summed E-state index contributed by atoms with van der Waals surface area (Å²) >= 11 is 9.57. The van der Waals surface area contributed by atoms with E-state index in [-0.39, 0.29) is 0 Å². The van der Waals surface area contributed by atoms with Gasteiger partial charge in [-0.15, -0.1) is 0 Å². The molecule has 0 saturated carbocycles. The van der Waals surface area contributed by atoms with Gasteiger partial charge in [-0.1, -0.05) is 45.7 Å². The molecule has 0 aliphatic heterocycles. The number of halogens is 2. The highest BCUT2D eigenvalue weighted by molar-refractivity contribution is 9.10. The Labute approximate surface area is 141 Å². The van der Waals surface area contributed by atoms with Crippen LogP contribution >= 0.6 is 27.5 Å². The van der Waals surface area contributed by atoms with Crippen molar-refractivity contribution in [1.29, 1.82) is 5.26 Å². The van der Waals surface area contributed by atoms with E-state index in [1.165, 1.54) is 0 Å². The summed E-state index contributed by atoms with van der Waals surface area (Å²) in [7, 11) is 0. The fourth-order valence-corrected chi connectivity index (χ4v) is 3.19. The summed E-state index contributed by atoms with van der Waals surface area (Å²) in [6, 6.07) is 15.5. The summed E-state index contributed by atoms with van der Waals surface area (Å²) in [5, 5.41) is 9.86. The molecule has 5 heteroatoms. The van der Waals surface area contributed by atoms with Gasteiger partial charge in [0.2, 0.25) is 0 Å². The maximum absolute atomic E-state index is 9.21. The molecule has 1 aromatic heterocycles. The molecule has 0 amide bonds. The van der Waals surface area contributed by atoms with Crippen molar-refractivity contribution in [3.05, 3.63) is 75.5 Å². The van der Waals surface area contributed by atoms with Gasteiger partial charge in [-0.05, 0) is 29.8 Å². The van der Waals surface area contributed by atoms with Gasteiger partial charge in [0.25, 0.3) is 0 Å². The highest BCUT2D eigenvalue weighted by atomic mass is 79.9. The second-order valence-corrected chi connectivity index (χ2v) is 6.16. The van der Waals surface area contributed by atoms with Crippen LogP contribution in [0.25, 0.3) is 11.4 Å². The molecule has 0 N–H and O–H groups in total. The minimum absolute atomic E-state index is 0.587. The van der Waals surface area contributed by atoms with Crippen LogP contribution in [0, 0.1) is 11.3 Å². The largest absolute Gasteiger partial charge is 0.327 e. The zero-order valence-electron chi connectivity index (χ0n) is 11.5. The Balaban J connectivity index is 2.01. The number of nitriles is 1. The number of hydrogen-bond donors (Lipinski definition) is 0. The Hall–Kier alpha value is -2.09. The first-order chi connectivity index (χ1) is 10.7. The van der Waals surface area contributed by atoms with Gasteiger partial charge in [-0.2, -0.15) is 5.26 Å². The fourth-order valence-electron chi connectivity index (χ4n) is 2.33. The molecule has 0 spiro atoms. The average molecular weight is 373 g/mol. The molecule has 0 aliphatic carbocycles.